The number of carboxylic acids is 2. The van der Waals surface area contributed by atoms with Crippen LogP contribution in [0.3, 0.4) is 0 Å². The quantitative estimate of drug-likeness (QED) is 0.878. The zero-order valence-corrected chi connectivity index (χ0v) is 10.6. The highest BCUT2D eigenvalue weighted by Gasteiger charge is 2.22. The summed E-state index contributed by atoms with van der Waals surface area (Å²) in [7, 11) is 0. The Morgan fingerprint density at radius 3 is 2.53 bits per heavy atom. The van der Waals surface area contributed by atoms with E-state index in [4.69, 9.17) is 10.2 Å². The Morgan fingerprint density at radius 2 is 2.00 bits per heavy atom. The molecule has 2 aromatic heterocycles. The standard InChI is InChI=1S/C13H14N2O4/c1-7(2)6-9-14-10(13(18)19)11-8(12(16)17)4-3-5-15(9)11/h3-5,7H,6H2,1-2H3,(H,16,17)(H,18,19). The van der Waals surface area contributed by atoms with Crippen molar-refractivity contribution in [1.82, 2.24) is 9.38 Å². The maximum Gasteiger partial charge on any atom is 0.356 e. The maximum absolute atomic E-state index is 11.2. The Hall–Kier alpha value is -2.37. The summed E-state index contributed by atoms with van der Waals surface area (Å²) in [6, 6.07) is 2.96. The Balaban J connectivity index is 2.78. The van der Waals surface area contributed by atoms with Crippen LogP contribution in [0, 0.1) is 5.92 Å². The molecule has 0 aliphatic carbocycles. The van der Waals surface area contributed by atoms with Gasteiger partial charge < -0.3 is 14.6 Å². The lowest BCUT2D eigenvalue weighted by molar-refractivity contribution is 0.0691. The third-order valence-electron chi connectivity index (χ3n) is 2.76. The van der Waals surface area contributed by atoms with Crippen molar-refractivity contribution in [3.8, 4) is 0 Å². The second kappa shape index (κ2) is 4.72. The molecule has 0 aliphatic rings. The second-order valence-corrected chi connectivity index (χ2v) is 4.73. The SMILES string of the molecule is CC(C)Cc1nc(C(=O)O)c2c(C(=O)O)cccn12. The molecule has 100 valence electrons. The summed E-state index contributed by atoms with van der Waals surface area (Å²) in [5.41, 5.74) is -0.130. The van der Waals surface area contributed by atoms with E-state index in [9.17, 15) is 9.59 Å². The Morgan fingerprint density at radius 1 is 1.32 bits per heavy atom. The topological polar surface area (TPSA) is 91.9 Å². The second-order valence-electron chi connectivity index (χ2n) is 4.73. The zero-order valence-electron chi connectivity index (χ0n) is 10.6. The minimum Gasteiger partial charge on any atom is -0.478 e. The number of hydrogen-bond donors (Lipinski definition) is 2. The number of carbonyl (C=O) groups is 2. The van der Waals surface area contributed by atoms with Gasteiger partial charge in [0.1, 0.15) is 5.82 Å². The van der Waals surface area contributed by atoms with Crippen LogP contribution in [-0.2, 0) is 6.42 Å². The number of aromatic nitrogens is 2. The molecule has 0 fully saturated rings. The molecule has 19 heavy (non-hydrogen) atoms. The average Bonchev–Trinajstić information content (AvgIpc) is 2.67. The molecule has 0 aromatic carbocycles. The third kappa shape index (κ3) is 2.29. The molecule has 0 amide bonds. The summed E-state index contributed by atoms with van der Waals surface area (Å²) in [5.74, 6) is -1.53. The molecule has 0 spiro atoms. The van der Waals surface area contributed by atoms with E-state index in [0.29, 0.717) is 18.2 Å². The number of carboxylic acid groups (broad SMARTS) is 2. The largest absolute Gasteiger partial charge is 0.478 e. The number of imidazole rings is 1. The van der Waals surface area contributed by atoms with E-state index < -0.39 is 11.9 Å². The van der Waals surface area contributed by atoms with Crippen LogP contribution in [0.15, 0.2) is 18.3 Å². The molecule has 2 N–H and O–H groups in total. The number of pyridine rings is 1. The lowest BCUT2D eigenvalue weighted by Crippen LogP contribution is -2.05. The monoisotopic (exact) mass is 262 g/mol. The van der Waals surface area contributed by atoms with Crippen LogP contribution in [0.25, 0.3) is 5.52 Å². The van der Waals surface area contributed by atoms with E-state index in [2.05, 4.69) is 4.98 Å². The lowest BCUT2D eigenvalue weighted by atomic mass is 10.1. The van der Waals surface area contributed by atoms with Gasteiger partial charge in [0.05, 0.1) is 11.1 Å². The highest BCUT2D eigenvalue weighted by Crippen LogP contribution is 2.20. The molecular formula is C13H14N2O4. The first kappa shape index (κ1) is 13.1. The summed E-state index contributed by atoms with van der Waals surface area (Å²) >= 11 is 0. The minimum absolute atomic E-state index is 0.0533. The van der Waals surface area contributed by atoms with Crippen molar-refractivity contribution in [2.24, 2.45) is 5.92 Å². The van der Waals surface area contributed by atoms with Crippen molar-refractivity contribution in [2.45, 2.75) is 20.3 Å². The fourth-order valence-corrected chi connectivity index (χ4v) is 2.03. The zero-order chi connectivity index (χ0) is 14.2. The fraction of sp³-hybridized carbons (Fsp3) is 0.308. The van der Waals surface area contributed by atoms with Crippen molar-refractivity contribution < 1.29 is 19.8 Å². The van der Waals surface area contributed by atoms with Gasteiger partial charge in [-0.25, -0.2) is 14.6 Å². The van der Waals surface area contributed by atoms with Gasteiger partial charge in [-0.05, 0) is 18.1 Å². The number of hydrogen-bond acceptors (Lipinski definition) is 3. The molecule has 0 saturated heterocycles. The first-order chi connectivity index (χ1) is 8.91. The van der Waals surface area contributed by atoms with Crippen LogP contribution in [0.5, 0.6) is 0 Å². The van der Waals surface area contributed by atoms with Crippen molar-refractivity contribution in [2.75, 3.05) is 0 Å². The van der Waals surface area contributed by atoms with Gasteiger partial charge in [0.15, 0.2) is 5.69 Å². The molecule has 2 aromatic rings. The summed E-state index contributed by atoms with van der Waals surface area (Å²) in [6.07, 6.45) is 2.22. The van der Waals surface area contributed by atoms with Gasteiger partial charge in [-0.1, -0.05) is 13.8 Å². The molecule has 6 nitrogen and oxygen atoms in total. The molecule has 2 rings (SSSR count). The predicted octanol–water partition coefficient (Wildman–Crippen LogP) is 1.93. The Labute approximate surface area is 109 Å². The molecular weight excluding hydrogens is 248 g/mol. The van der Waals surface area contributed by atoms with Crippen molar-refractivity contribution >= 4 is 17.5 Å². The van der Waals surface area contributed by atoms with Crippen LogP contribution < -0.4 is 0 Å². The Kier molecular flexibility index (Phi) is 3.25. The predicted molar refractivity (Wildman–Crippen MR) is 67.7 cm³/mol. The lowest BCUT2D eigenvalue weighted by Gasteiger charge is -2.04. The number of fused-ring (bicyclic) bond motifs is 1. The van der Waals surface area contributed by atoms with Gasteiger partial charge in [-0.2, -0.15) is 0 Å². The first-order valence-electron chi connectivity index (χ1n) is 5.88. The van der Waals surface area contributed by atoms with Gasteiger partial charge in [0.2, 0.25) is 0 Å². The van der Waals surface area contributed by atoms with Crippen molar-refractivity contribution in [1.29, 1.82) is 0 Å². The average molecular weight is 262 g/mol. The molecule has 6 heteroatoms. The maximum atomic E-state index is 11.2. The number of rotatable bonds is 4. The minimum atomic E-state index is -1.22. The Bertz CT molecular complexity index is 658. The highest BCUT2D eigenvalue weighted by atomic mass is 16.4. The number of nitrogens with zero attached hydrogens (tertiary/aromatic N) is 2. The van der Waals surface area contributed by atoms with Crippen molar-refractivity contribution in [3.05, 3.63) is 35.4 Å². The van der Waals surface area contributed by atoms with E-state index >= 15 is 0 Å². The van der Waals surface area contributed by atoms with Gasteiger partial charge in [0, 0.05) is 12.6 Å². The first-order valence-corrected chi connectivity index (χ1v) is 5.88. The highest BCUT2D eigenvalue weighted by molar-refractivity contribution is 6.03. The van der Waals surface area contributed by atoms with E-state index in [1.807, 2.05) is 13.8 Å². The van der Waals surface area contributed by atoms with Crippen LogP contribution in [0.2, 0.25) is 0 Å². The van der Waals surface area contributed by atoms with Gasteiger partial charge in [-0.15, -0.1) is 0 Å². The van der Waals surface area contributed by atoms with E-state index in [1.165, 1.54) is 6.07 Å². The number of aromatic carboxylic acids is 2. The van der Waals surface area contributed by atoms with Crippen LogP contribution in [0.1, 0.15) is 40.5 Å². The summed E-state index contributed by atoms with van der Waals surface area (Å²) < 4.78 is 1.55. The van der Waals surface area contributed by atoms with Gasteiger partial charge in [0.25, 0.3) is 0 Å². The van der Waals surface area contributed by atoms with Gasteiger partial charge in [-0.3, -0.25) is 0 Å². The van der Waals surface area contributed by atoms with Crippen molar-refractivity contribution in [3.63, 3.8) is 0 Å². The van der Waals surface area contributed by atoms with Crippen LogP contribution in [-0.4, -0.2) is 31.5 Å². The summed E-state index contributed by atoms with van der Waals surface area (Å²) in [5, 5.41) is 18.3. The molecule has 0 bridgehead atoms. The van der Waals surface area contributed by atoms with E-state index in [1.54, 1.807) is 16.7 Å². The molecule has 0 radical (unpaired) electrons. The van der Waals surface area contributed by atoms with Crippen LogP contribution >= 0.6 is 0 Å². The van der Waals surface area contributed by atoms with E-state index in [0.717, 1.165) is 0 Å². The molecule has 0 atom stereocenters. The third-order valence-corrected chi connectivity index (χ3v) is 2.76. The summed E-state index contributed by atoms with van der Waals surface area (Å²) in [4.78, 5) is 26.5. The summed E-state index contributed by atoms with van der Waals surface area (Å²) in [6.45, 7) is 3.98. The van der Waals surface area contributed by atoms with Crippen LogP contribution in [0.4, 0.5) is 0 Å². The molecule has 0 saturated carbocycles. The molecule has 0 unspecified atom stereocenters. The van der Waals surface area contributed by atoms with E-state index in [-0.39, 0.29) is 16.8 Å². The normalized spacial score (nSPS) is 11.1. The smallest absolute Gasteiger partial charge is 0.356 e. The molecule has 2 heterocycles. The fourth-order valence-electron chi connectivity index (χ4n) is 2.03. The van der Waals surface area contributed by atoms with Gasteiger partial charge >= 0.3 is 11.9 Å². The molecule has 0 aliphatic heterocycles.